The molecule has 0 aromatic heterocycles. The maximum absolute atomic E-state index is 12.3. The van der Waals surface area contributed by atoms with Gasteiger partial charge < -0.3 is 20.1 Å². The van der Waals surface area contributed by atoms with E-state index in [-0.39, 0.29) is 25.4 Å². The molecule has 0 saturated carbocycles. The predicted octanol–water partition coefficient (Wildman–Crippen LogP) is 1.61. The van der Waals surface area contributed by atoms with Crippen molar-refractivity contribution in [1.82, 2.24) is 10.2 Å². The fourth-order valence-corrected chi connectivity index (χ4v) is 2.29. The minimum Gasteiger partial charge on any atom is -0.479 e. The van der Waals surface area contributed by atoms with Crippen LogP contribution in [0.2, 0.25) is 0 Å². The van der Waals surface area contributed by atoms with E-state index < -0.39 is 28.6 Å². The average Bonchev–Trinajstić information content (AvgIpc) is 2.69. The highest BCUT2D eigenvalue weighted by Gasteiger charge is 2.49. The zero-order valence-electron chi connectivity index (χ0n) is 14.1. The standard InChI is InChI=1S/C15H26N2O5/c1-13(2,3)10(18)17-8-7-15(9-17,11(19)20)16-12(21)22-14(4,5)6/h7-9H2,1-6H3,(H,16,21)(H,19,20). The van der Waals surface area contributed by atoms with Crippen LogP contribution in [0, 0.1) is 5.41 Å². The second kappa shape index (κ2) is 5.78. The van der Waals surface area contributed by atoms with Crippen molar-refractivity contribution in [2.24, 2.45) is 5.41 Å². The summed E-state index contributed by atoms with van der Waals surface area (Å²) in [5.41, 5.74) is -2.81. The van der Waals surface area contributed by atoms with Crippen molar-refractivity contribution in [3.63, 3.8) is 0 Å². The molecule has 0 aromatic rings. The molecular weight excluding hydrogens is 288 g/mol. The Morgan fingerprint density at radius 2 is 1.68 bits per heavy atom. The Hall–Kier alpha value is -1.79. The third-order valence-electron chi connectivity index (χ3n) is 3.35. The van der Waals surface area contributed by atoms with E-state index >= 15 is 0 Å². The summed E-state index contributed by atoms with van der Waals surface area (Å²) >= 11 is 0. The molecule has 7 nitrogen and oxygen atoms in total. The fourth-order valence-electron chi connectivity index (χ4n) is 2.29. The molecule has 2 amide bonds. The summed E-state index contributed by atoms with van der Waals surface area (Å²) in [6.07, 6.45) is -0.636. The van der Waals surface area contributed by atoms with Crippen LogP contribution in [-0.4, -0.2) is 52.2 Å². The normalized spacial score (nSPS) is 22.4. The molecule has 126 valence electrons. The lowest BCUT2D eigenvalue weighted by molar-refractivity contribution is -0.145. The van der Waals surface area contributed by atoms with Gasteiger partial charge in [-0.1, -0.05) is 20.8 Å². The van der Waals surface area contributed by atoms with Gasteiger partial charge >= 0.3 is 12.1 Å². The predicted molar refractivity (Wildman–Crippen MR) is 80.4 cm³/mol. The molecule has 0 aromatic carbocycles. The molecule has 0 spiro atoms. The molecule has 7 heteroatoms. The molecule has 0 bridgehead atoms. The maximum Gasteiger partial charge on any atom is 0.408 e. The maximum atomic E-state index is 12.3. The summed E-state index contributed by atoms with van der Waals surface area (Å²) in [4.78, 5) is 37.3. The monoisotopic (exact) mass is 314 g/mol. The Morgan fingerprint density at radius 3 is 2.09 bits per heavy atom. The van der Waals surface area contributed by atoms with Crippen LogP contribution in [0.3, 0.4) is 0 Å². The molecule has 0 aliphatic carbocycles. The van der Waals surface area contributed by atoms with Crippen LogP contribution in [0.4, 0.5) is 4.79 Å². The van der Waals surface area contributed by atoms with E-state index in [9.17, 15) is 19.5 Å². The summed E-state index contributed by atoms with van der Waals surface area (Å²) < 4.78 is 5.12. The lowest BCUT2D eigenvalue weighted by Crippen LogP contribution is -2.57. The first-order valence-corrected chi connectivity index (χ1v) is 7.31. The largest absolute Gasteiger partial charge is 0.479 e. The molecule has 1 fully saturated rings. The van der Waals surface area contributed by atoms with Crippen molar-refractivity contribution in [3.8, 4) is 0 Å². The number of hydrogen-bond acceptors (Lipinski definition) is 4. The highest BCUT2D eigenvalue weighted by molar-refractivity contribution is 5.88. The Morgan fingerprint density at radius 1 is 1.14 bits per heavy atom. The number of nitrogens with one attached hydrogen (secondary N) is 1. The van der Waals surface area contributed by atoms with E-state index in [1.54, 1.807) is 41.5 Å². The Kier molecular flexibility index (Phi) is 4.79. The molecule has 1 atom stereocenters. The van der Waals surface area contributed by atoms with Crippen LogP contribution in [0.1, 0.15) is 48.0 Å². The Balaban J connectivity index is 2.86. The van der Waals surface area contributed by atoms with E-state index in [2.05, 4.69) is 5.32 Å². The van der Waals surface area contributed by atoms with Crippen molar-refractivity contribution in [3.05, 3.63) is 0 Å². The molecule has 22 heavy (non-hydrogen) atoms. The van der Waals surface area contributed by atoms with Crippen LogP contribution in [-0.2, 0) is 14.3 Å². The quantitative estimate of drug-likeness (QED) is 0.807. The zero-order valence-corrected chi connectivity index (χ0v) is 14.1. The highest BCUT2D eigenvalue weighted by atomic mass is 16.6. The van der Waals surface area contributed by atoms with Gasteiger partial charge in [0.1, 0.15) is 5.60 Å². The van der Waals surface area contributed by atoms with Gasteiger partial charge in [-0.3, -0.25) is 4.79 Å². The molecule has 2 N–H and O–H groups in total. The SMILES string of the molecule is CC(C)(C)OC(=O)NC1(C(=O)O)CCN(C(=O)C(C)(C)C)C1. The number of aliphatic carboxylic acids is 1. The van der Waals surface area contributed by atoms with Gasteiger partial charge in [-0.25, -0.2) is 9.59 Å². The first-order valence-electron chi connectivity index (χ1n) is 7.31. The summed E-state index contributed by atoms with van der Waals surface area (Å²) in [5.74, 6) is -1.30. The van der Waals surface area contributed by atoms with E-state index in [0.29, 0.717) is 0 Å². The summed E-state index contributed by atoms with van der Waals surface area (Å²) in [6, 6.07) is 0. The van der Waals surface area contributed by atoms with Crippen molar-refractivity contribution >= 4 is 18.0 Å². The van der Waals surface area contributed by atoms with Crippen molar-refractivity contribution < 1.29 is 24.2 Å². The van der Waals surface area contributed by atoms with Gasteiger partial charge in [0.25, 0.3) is 0 Å². The second-order valence-electron chi connectivity index (χ2n) is 7.74. The number of amides is 2. The third kappa shape index (κ3) is 4.35. The topological polar surface area (TPSA) is 95.9 Å². The number of alkyl carbamates (subject to hydrolysis) is 1. The van der Waals surface area contributed by atoms with E-state index in [1.165, 1.54) is 4.90 Å². The first kappa shape index (κ1) is 18.3. The van der Waals surface area contributed by atoms with E-state index in [1.807, 2.05) is 0 Å². The Labute approximate surface area is 131 Å². The van der Waals surface area contributed by atoms with Crippen molar-refractivity contribution in [1.29, 1.82) is 0 Å². The number of carbonyl (C=O) groups excluding carboxylic acids is 2. The van der Waals surface area contributed by atoms with Crippen LogP contribution < -0.4 is 5.32 Å². The number of likely N-dealkylation sites (tertiary alicyclic amines) is 1. The number of nitrogens with zero attached hydrogens (tertiary/aromatic N) is 1. The molecule has 1 heterocycles. The molecular formula is C15H26N2O5. The number of carbonyl (C=O) groups is 3. The van der Waals surface area contributed by atoms with Crippen molar-refractivity contribution in [2.45, 2.75) is 59.1 Å². The minimum absolute atomic E-state index is 0.0579. The third-order valence-corrected chi connectivity index (χ3v) is 3.35. The fraction of sp³-hybridized carbons (Fsp3) is 0.800. The molecule has 1 saturated heterocycles. The minimum atomic E-state index is -1.50. The van der Waals surface area contributed by atoms with Gasteiger partial charge in [-0.05, 0) is 20.8 Å². The smallest absolute Gasteiger partial charge is 0.408 e. The number of ether oxygens (including phenoxy) is 1. The highest BCUT2D eigenvalue weighted by Crippen LogP contribution is 2.27. The molecule has 1 aliphatic rings. The summed E-state index contributed by atoms with van der Waals surface area (Å²) in [5, 5.41) is 11.9. The van der Waals surface area contributed by atoms with Gasteiger partial charge in [0.05, 0.1) is 6.54 Å². The molecule has 1 rings (SSSR count). The second-order valence-corrected chi connectivity index (χ2v) is 7.74. The van der Waals surface area contributed by atoms with Crippen LogP contribution in [0.5, 0.6) is 0 Å². The van der Waals surface area contributed by atoms with E-state index in [4.69, 9.17) is 4.74 Å². The van der Waals surface area contributed by atoms with Gasteiger partial charge in [-0.2, -0.15) is 0 Å². The number of carboxylic acid groups (broad SMARTS) is 1. The van der Waals surface area contributed by atoms with Gasteiger partial charge in [0, 0.05) is 18.4 Å². The Bertz CT molecular complexity index is 475. The van der Waals surface area contributed by atoms with Crippen LogP contribution >= 0.6 is 0 Å². The van der Waals surface area contributed by atoms with Gasteiger partial charge in [0.15, 0.2) is 5.54 Å². The number of rotatable bonds is 2. The van der Waals surface area contributed by atoms with Crippen molar-refractivity contribution in [2.75, 3.05) is 13.1 Å². The van der Waals surface area contributed by atoms with E-state index in [0.717, 1.165) is 0 Å². The first-order chi connectivity index (χ1) is 9.77. The molecule has 1 unspecified atom stereocenters. The zero-order chi connectivity index (χ0) is 17.3. The lowest BCUT2D eigenvalue weighted by Gasteiger charge is -2.30. The summed E-state index contributed by atoms with van der Waals surface area (Å²) in [7, 11) is 0. The van der Waals surface area contributed by atoms with Gasteiger partial charge in [-0.15, -0.1) is 0 Å². The van der Waals surface area contributed by atoms with Gasteiger partial charge in [0.2, 0.25) is 5.91 Å². The number of hydrogen-bond donors (Lipinski definition) is 2. The number of carboxylic acids is 1. The molecule has 1 aliphatic heterocycles. The molecule has 0 radical (unpaired) electrons. The average molecular weight is 314 g/mol. The summed E-state index contributed by atoms with van der Waals surface area (Å²) in [6.45, 7) is 10.7. The van der Waals surface area contributed by atoms with Crippen LogP contribution in [0.25, 0.3) is 0 Å². The van der Waals surface area contributed by atoms with Crippen LogP contribution in [0.15, 0.2) is 0 Å². The lowest BCUT2D eigenvalue weighted by atomic mass is 9.94.